The fraction of sp³-hybridized carbons (Fsp3) is 0.259. The Morgan fingerprint density at radius 2 is 1.69 bits per heavy atom. The SMILES string of the molecule is COC(=O)c1sc(N2C(=O)C(=O)/C(=C(/O)c3ccc(OC)cc3)C2c2ccc(C(C)C)cc2)nc1C. The number of benzene rings is 2. The molecule has 1 aliphatic rings. The summed E-state index contributed by atoms with van der Waals surface area (Å²) in [7, 11) is 2.79. The number of hydrogen-bond acceptors (Lipinski definition) is 8. The highest BCUT2D eigenvalue weighted by molar-refractivity contribution is 7.17. The lowest BCUT2D eigenvalue weighted by Gasteiger charge is -2.23. The van der Waals surface area contributed by atoms with Crippen molar-refractivity contribution in [1.82, 2.24) is 4.98 Å². The molecule has 0 radical (unpaired) electrons. The van der Waals surface area contributed by atoms with E-state index in [0.717, 1.165) is 16.9 Å². The number of Topliss-reactive ketones (excluding diaryl/α,β-unsaturated/α-hetero) is 1. The molecule has 8 nitrogen and oxygen atoms in total. The minimum absolute atomic E-state index is 0.0602. The summed E-state index contributed by atoms with van der Waals surface area (Å²) in [5.74, 6) is -1.70. The second-order valence-corrected chi connectivity index (χ2v) is 9.60. The molecular formula is C27H26N2O6S. The van der Waals surface area contributed by atoms with E-state index in [-0.39, 0.29) is 27.3 Å². The van der Waals surface area contributed by atoms with Gasteiger partial charge in [-0.2, -0.15) is 0 Å². The summed E-state index contributed by atoms with van der Waals surface area (Å²) in [6.45, 7) is 5.77. The number of esters is 1. The van der Waals surface area contributed by atoms with Crippen molar-refractivity contribution in [2.24, 2.45) is 0 Å². The first-order chi connectivity index (χ1) is 17.2. The second kappa shape index (κ2) is 9.94. The number of amides is 1. The van der Waals surface area contributed by atoms with E-state index in [1.165, 1.54) is 19.1 Å². The molecule has 0 aliphatic carbocycles. The average Bonchev–Trinajstić information content (AvgIpc) is 3.39. The van der Waals surface area contributed by atoms with Crippen LogP contribution in [-0.4, -0.2) is 42.0 Å². The van der Waals surface area contributed by atoms with Gasteiger partial charge in [0.2, 0.25) is 0 Å². The van der Waals surface area contributed by atoms with Gasteiger partial charge in [0, 0.05) is 5.56 Å². The molecule has 1 saturated heterocycles. The summed E-state index contributed by atoms with van der Waals surface area (Å²) in [5, 5.41) is 11.4. The molecule has 1 amide bonds. The van der Waals surface area contributed by atoms with Gasteiger partial charge in [-0.15, -0.1) is 0 Å². The maximum atomic E-state index is 13.3. The Balaban J connectivity index is 1.91. The molecular weight excluding hydrogens is 480 g/mol. The Morgan fingerprint density at radius 3 is 2.25 bits per heavy atom. The van der Waals surface area contributed by atoms with Crippen LogP contribution in [0.3, 0.4) is 0 Å². The Hall–Kier alpha value is -3.98. The van der Waals surface area contributed by atoms with Crippen molar-refractivity contribution >= 4 is 39.9 Å². The monoisotopic (exact) mass is 506 g/mol. The molecule has 2 aromatic carbocycles. The fourth-order valence-corrected chi connectivity index (χ4v) is 5.09. The quantitative estimate of drug-likeness (QED) is 0.217. The molecule has 9 heteroatoms. The number of ketones is 1. The van der Waals surface area contributed by atoms with Crippen LogP contribution in [0.5, 0.6) is 5.75 Å². The molecule has 1 aliphatic heterocycles. The molecule has 1 unspecified atom stereocenters. The summed E-state index contributed by atoms with van der Waals surface area (Å²) in [4.78, 5) is 44.7. The highest BCUT2D eigenvalue weighted by atomic mass is 32.1. The largest absolute Gasteiger partial charge is 0.507 e. The van der Waals surface area contributed by atoms with Crippen LogP contribution in [-0.2, 0) is 14.3 Å². The molecule has 186 valence electrons. The lowest BCUT2D eigenvalue weighted by atomic mass is 9.93. The molecule has 36 heavy (non-hydrogen) atoms. The first kappa shape index (κ1) is 25.1. The lowest BCUT2D eigenvalue weighted by molar-refractivity contribution is -0.132. The van der Waals surface area contributed by atoms with Crippen molar-refractivity contribution in [1.29, 1.82) is 0 Å². The maximum Gasteiger partial charge on any atom is 0.350 e. The Bertz CT molecular complexity index is 1360. The number of aryl methyl sites for hydroxylation is 1. The topological polar surface area (TPSA) is 106 Å². The molecule has 1 N–H and O–H groups in total. The number of thiazole rings is 1. The molecule has 3 aromatic rings. The van der Waals surface area contributed by atoms with Gasteiger partial charge in [0.05, 0.1) is 31.5 Å². The van der Waals surface area contributed by atoms with E-state index < -0.39 is 23.7 Å². The van der Waals surface area contributed by atoms with E-state index in [1.807, 2.05) is 24.3 Å². The van der Waals surface area contributed by atoms with Crippen molar-refractivity contribution in [3.05, 3.63) is 81.4 Å². The molecule has 1 atom stereocenters. The van der Waals surface area contributed by atoms with Crippen molar-refractivity contribution < 1.29 is 29.0 Å². The van der Waals surface area contributed by atoms with Crippen LogP contribution in [0.1, 0.15) is 57.9 Å². The van der Waals surface area contributed by atoms with Gasteiger partial charge in [0.15, 0.2) is 5.13 Å². The Morgan fingerprint density at radius 1 is 1.06 bits per heavy atom. The van der Waals surface area contributed by atoms with E-state index in [0.29, 0.717) is 22.6 Å². The zero-order valence-electron chi connectivity index (χ0n) is 20.6. The number of carbonyl (C=O) groups is 3. The zero-order valence-corrected chi connectivity index (χ0v) is 21.4. The van der Waals surface area contributed by atoms with Gasteiger partial charge in [0.1, 0.15) is 16.4 Å². The third kappa shape index (κ3) is 4.37. The standard InChI is InChI=1S/C27H26N2O6S/c1-14(2)16-6-8-17(9-7-16)21-20(22(30)18-10-12-19(34-4)13-11-18)23(31)25(32)29(21)27-28-15(3)24(36-27)26(33)35-5/h6-14,21,30H,1-5H3/b22-20+. The maximum absolute atomic E-state index is 13.3. The number of ether oxygens (including phenoxy) is 2. The first-order valence-corrected chi connectivity index (χ1v) is 12.1. The number of aliphatic hydroxyl groups excluding tert-OH is 1. The highest BCUT2D eigenvalue weighted by Crippen LogP contribution is 2.44. The predicted octanol–water partition coefficient (Wildman–Crippen LogP) is 5.00. The number of hydrogen-bond donors (Lipinski definition) is 1. The first-order valence-electron chi connectivity index (χ1n) is 11.3. The second-order valence-electron chi connectivity index (χ2n) is 8.62. The van der Waals surface area contributed by atoms with Gasteiger partial charge in [-0.25, -0.2) is 9.78 Å². The smallest absolute Gasteiger partial charge is 0.350 e. The van der Waals surface area contributed by atoms with Crippen LogP contribution >= 0.6 is 11.3 Å². The Kier molecular flexibility index (Phi) is 6.94. The summed E-state index contributed by atoms with van der Waals surface area (Å²) in [5.41, 5.74) is 2.40. The van der Waals surface area contributed by atoms with Gasteiger partial charge in [-0.3, -0.25) is 14.5 Å². The predicted molar refractivity (Wildman–Crippen MR) is 136 cm³/mol. The highest BCUT2D eigenvalue weighted by Gasteiger charge is 2.48. The van der Waals surface area contributed by atoms with E-state index in [1.54, 1.807) is 31.2 Å². The lowest BCUT2D eigenvalue weighted by Crippen LogP contribution is -2.29. The number of rotatable bonds is 6. The van der Waals surface area contributed by atoms with E-state index in [9.17, 15) is 19.5 Å². The van der Waals surface area contributed by atoms with E-state index >= 15 is 0 Å². The van der Waals surface area contributed by atoms with E-state index in [2.05, 4.69) is 18.8 Å². The van der Waals surface area contributed by atoms with Crippen LogP contribution < -0.4 is 9.64 Å². The van der Waals surface area contributed by atoms with Crippen LogP contribution in [0.2, 0.25) is 0 Å². The van der Waals surface area contributed by atoms with Crippen LogP contribution in [0, 0.1) is 6.92 Å². The number of aromatic nitrogens is 1. The number of anilines is 1. The van der Waals surface area contributed by atoms with Crippen molar-refractivity contribution in [3.8, 4) is 5.75 Å². The molecule has 2 heterocycles. The zero-order chi connectivity index (χ0) is 26.1. The molecule has 1 fully saturated rings. The van der Waals surface area contributed by atoms with Crippen molar-refractivity contribution in [3.63, 3.8) is 0 Å². The molecule has 1 aromatic heterocycles. The van der Waals surface area contributed by atoms with Gasteiger partial charge >= 0.3 is 11.9 Å². The number of nitrogens with zero attached hydrogens (tertiary/aromatic N) is 2. The van der Waals surface area contributed by atoms with Crippen molar-refractivity contribution in [2.45, 2.75) is 32.7 Å². The number of methoxy groups -OCH3 is 2. The van der Waals surface area contributed by atoms with Crippen LogP contribution in [0.25, 0.3) is 5.76 Å². The summed E-state index contributed by atoms with van der Waals surface area (Å²) in [6.07, 6.45) is 0. The van der Waals surface area contributed by atoms with Crippen LogP contribution in [0.4, 0.5) is 5.13 Å². The summed E-state index contributed by atoms with van der Waals surface area (Å²) < 4.78 is 10.0. The number of aliphatic hydroxyl groups is 1. The van der Waals surface area contributed by atoms with Crippen LogP contribution in [0.15, 0.2) is 54.1 Å². The van der Waals surface area contributed by atoms with E-state index in [4.69, 9.17) is 9.47 Å². The number of carbonyl (C=O) groups excluding carboxylic acids is 3. The molecule has 0 bridgehead atoms. The Labute approximate surface area is 212 Å². The van der Waals surface area contributed by atoms with Gasteiger partial charge < -0.3 is 14.6 Å². The molecule has 0 spiro atoms. The summed E-state index contributed by atoms with van der Waals surface area (Å²) >= 11 is 0.963. The third-order valence-corrected chi connectivity index (χ3v) is 7.23. The van der Waals surface area contributed by atoms with Gasteiger partial charge in [-0.1, -0.05) is 49.4 Å². The average molecular weight is 507 g/mol. The third-order valence-electron chi connectivity index (χ3n) is 6.09. The minimum atomic E-state index is -0.940. The fourth-order valence-electron chi connectivity index (χ4n) is 4.08. The van der Waals surface area contributed by atoms with Gasteiger partial charge in [0.25, 0.3) is 5.78 Å². The molecule has 4 rings (SSSR count). The normalized spacial score (nSPS) is 17.1. The molecule has 0 saturated carbocycles. The summed E-state index contributed by atoms with van der Waals surface area (Å²) in [6, 6.07) is 13.1. The minimum Gasteiger partial charge on any atom is -0.507 e. The van der Waals surface area contributed by atoms with Gasteiger partial charge in [-0.05, 0) is 48.2 Å². The van der Waals surface area contributed by atoms with Crippen molar-refractivity contribution in [2.75, 3.05) is 19.1 Å².